The van der Waals surface area contributed by atoms with E-state index in [9.17, 15) is 0 Å². The summed E-state index contributed by atoms with van der Waals surface area (Å²) in [5.41, 5.74) is 10.0. The van der Waals surface area contributed by atoms with Crippen molar-refractivity contribution >= 4 is 5.88 Å². The molecule has 2 aromatic rings. The van der Waals surface area contributed by atoms with Gasteiger partial charge in [0.2, 0.25) is 5.88 Å². The Balaban J connectivity index is 1.98. The molecule has 1 aromatic carbocycles. The van der Waals surface area contributed by atoms with Crippen molar-refractivity contribution in [3.8, 4) is 11.1 Å². The Morgan fingerprint density at radius 2 is 2.00 bits per heavy atom. The molecule has 4 heteroatoms. The molecule has 2 heterocycles. The van der Waals surface area contributed by atoms with Crippen LogP contribution < -0.4 is 5.73 Å². The molecule has 0 spiro atoms. The summed E-state index contributed by atoms with van der Waals surface area (Å²) in [4.78, 5) is 0. The van der Waals surface area contributed by atoms with Crippen LogP contribution in [0, 0.1) is 0 Å². The first-order valence-electron chi connectivity index (χ1n) is 7.14. The van der Waals surface area contributed by atoms with Crippen LogP contribution in [-0.2, 0) is 4.74 Å². The summed E-state index contributed by atoms with van der Waals surface area (Å²) >= 11 is 0. The molecule has 4 nitrogen and oxygen atoms in total. The summed E-state index contributed by atoms with van der Waals surface area (Å²) in [5.74, 6) is 0.884. The number of benzene rings is 1. The number of hydrogen-bond acceptors (Lipinski definition) is 4. The number of nitrogen functional groups attached to an aromatic ring is 1. The molecule has 106 valence electrons. The molecular weight excluding hydrogens is 252 g/mol. The van der Waals surface area contributed by atoms with Crippen LogP contribution in [-0.4, -0.2) is 11.8 Å². The first-order valence-corrected chi connectivity index (χ1v) is 7.14. The molecule has 1 aliphatic heterocycles. The van der Waals surface area contributed by atoms with Crippen LogP contribution >= 0.6 is 0 Å². The highest BCUT2D eigenvalue weighted by molar-refractivity contribution is 5.75. The van der Waals surface area contributed by atoms with E-state index in [4.69, 9.17) is 15.0 Å². The summed E-state index contributed by atoms with van der Waals surface area (Å²) in [6.45, 7) is 5.14. The Hall–Kier alpha value is -1.81. The monoisotopic (exact) mass is 272 g/mol. The van der Waals surface area contributed by atoms with Gasteiger partial charge in [-0.3, -0.25) is 0 Å². The van der Waals surface area contributed by atoms with Gasteiger partial charge < -0.3 is 15.0 Å². The summed E-state index contributed by atoms with van der Waals surface area (Å²) in [6, 6.07) is 8.42. The van der Waals surface area contributed by atoms with Crippen LogP contribution in [0.2, 0.25) is 0 Å². The summed E-state index contributed by atoms with van der Waals surface area (Å²) < 4.78 is 10.9. The second kappa shape index (κ2) is 5.29. The fourth-order valence-electron chi connectivity index (χ4n) is 2.65. The van der Waals surface area contributed by atoms with Gasteiger partial charge in [0.25, 0.3) is 0 Å². The third-order valence-corrected chi connectivity index (χ3v) is 3.85. The van der Waals surface area contributed by atoms with E-state index < -0.39 is 0 Å². The molecule has 20 heavy (non-hydrogen) atoms. The minimum atomic E-state index is 0.0100. The Kier molecular flexibility index (Phi) is 3.49. The Labute approximate surface area is 118 Å². The van der Waals surface area contributed by atoms with Gasteiger partial charge in [0.1, 0.15) is 11.8 Å². The smallest absolute Gasteiger partial charge is 0.230 e. The van der Waals surface area contributed by atoms with Gasteiger partial charge in [0, 0.05) is 6.61 Å². The normalized spacial score (nSPS) is 18.9. The molecule has 0 bridgehead atoms. The SMILES string of the molecule is CC(C)c1ccc(-c2c(C3CCCO3)noc2N)cc1. The van der Waals surface area contributed by atoms with Crippen LogP contribution in [0.15, 0.2) is 28.8 Å². The maximum Gasteiger partial charge on any atom is 0.230 e. The van der Waals surface area contributed by atoms with Crippen LogP contribution in [0.1, 0.15) is 50.0 Å². The van der Waals surface area contributed by atoms with E-state index in [1.165, 1.54) is 5.56 Å². The van der Waals surface area contributed by atoms with Gasteiger partial charge in [-0.15, -0.1) is 0 Å². The van der Waals surface area contributed by atoms with Crippen molar-refractivity contribution in [2.45, 2.75) is 38.7 Å². The van der Waals surface area contributed by atoms with Gasteiger partial charge >= 0.3 is 0 Å². The van der Waals surface area contributed by atoms with Gasteiger partial charge in [-0.25, -0.2) is 0 Å². The zero-order chi connectivity index (χ0) is 14.1. The minimum absolute atomic E-state index is 0.0100. The highest BCUT2D eigenvalue weighted by atomic mass is 16.5. The molecular formula is C16H20N2O2. The quantitative estimate of drug-likeness (QED) is 0.920. The van der Waals surface area contributed by atoms with E-state index in [-0.39, 0.29) is 6.10 Å². The lowest BCUT2D eigenvalue weighted by Crippen LogP contribution is -1.99. The van der Waals surface area contributed by atoms with Crippen LogP contribution in [0.4, 0.5) is 5.88 Å². The van der Waals surface area contributed by atoms with Crippen molar-refractivity contribution in [3.05, 3.63) is 35.5 Å². The van der Waals surface area contributed by atoms with Crippen molar-refractivity contribution in [2.75, 3.05) is 12.3 Å². The summed E-state index contributed by atoms with van der Waals surface area (Å²) in [6.07, 6.45) is 2.04. The van der Waals surface area contributed by atoms with E-state index in [1.54, 1.807) is 0 Å². The van der Waals surface area contributed by atoms with Crippen molar-refractivity contribution < 1.29 is 9.26 Å². The minimum Gasteiger partial charge on any atom is -0.372 e. The molecule has 1 unspecified atom stereocenters. The van der Waals surface area contributed by atoms with E-state index >= 15 is 0 Å². The molecule has 1 aromatic heterocycles. The highest BCUT2D eigenvalue weighted by Gasteiger charge is 2.27. The first kappa shape index (κ1) is 13.2. The largest absolute Gasteiger partial charge is 0.372 e. The molecule has 0 aliphatic carbocycles. The van der Waals surface area contributed by atoms with Crippen LogP contribution in [0.3, 0.4) is 0 Å². The Morgan fingerprint density at radius 1 is 1.25 bits per heavy atom. The predicted octanol–water partition coefficient (Wildman–Crippen LogP) is 3.90. The second-order valence-corrected chi connectivity index (χ2v) is 5.59. The van der Waals surface area contributed by atoms with E-state index in [0.717, 1.165) is 36.3 Å². The third kappa shape index (κ3) is 2.31. The van der Waals surface area contributed by atoms with Crippen molar-refractivity contribution in [1.29, 1.82) is 0 Å². The number of nitrogens with zero attached hydrogens (tertiary/aromatic N) is 1. The number of aromatic nitrogens is 1. The topological polar surface area (TPSA) is 61.3 Å². The Morgan fingerprint density at radius 3 is 2.60 bits per heavy atom. The number of hydrogen-bond donors (Lipinski definition) is 1. The molecule has 3 rings (SSSR count). The average molecular weight is 272 g/mol. The molecule has 0 radical (unpaired) electrons. The first-order chi connectivity index (χ1) is 9.66. The lowest BCUT2D eigenvalue weighted by atomic mass is 9.97. The zero-order valence-electron chi connectivity index (χ0n) is 11.9. The molecule has 1 saturated heterocycles. The number of ether oxygens (including phenoxy) is 1. The molecule has 1 aliphatic rings. The maximum absolute atomic E-state index is 5.95. The molecule has 1 fully saturated rings. The van der Waals surface area contributed by atoms with Crippen LogP contribution in [0.5, 0.6) is 0 Å². The zero-order valence-corrected chi connectivity index (χ0v) is 11.9. The Bertz CT molecular complexity index is 581. The summed E-state index contributed by atoms with van der Waals surface area (Å²) in [5, 5.41) is 4.11. The second-order valence-electron chi connectivity index (χ2n) is 5.59. The van der Waals surface area contributed by atoms with Crippen molar-refractivity contribution in [3.63, 3.8) is 0 Å². The third-order valence-electron chi connectivity index (χ3n) is 3.85. The van der Waals surface area contributed by atoms with Gasteiger partial charge in [0.05, 0.1) is 5.56 Å². The molecule has 0 amide bonds. The average Bonchev–Trinajstić information content (AvgIpc) is 3.07. The van der Waals surface area contributed by atoms with Crippen LogP contribution in [0.25, 0.3) is 11.1 Å². The van der Waals surface area contributed by atoms with Gasteiger partial charge in [0.15, 0.2) is 0 Å². The van der Waals surface area contributed by atoms with E-state index in [2.05, 4.69) is 43.3 Å². The maximum atomic E-state index is 5.95. The fourth-order valence-corrected chi connectivity index (χ4v) is 2.65. The summed E-state index contributed by atoms with van der Waals surface area (Å²) in [7, 11) is 0. The van der Waals surface area contributed by atoms with Crippen molar-refractivity contribution in [2.24, 2.45) is 0 Å². The molecule has 0 saturated carbocycles. The van der Waals surface area contributed by atoms with Gasteiger partial charge in [-0.05, 0) is 29.9 Å². The number of rotatable bonds is 3. The number of nitrogens with two attached hydrogens (primary N) is 1. The van der Waals surface area contributed by atoms with Crippen molar-refractivity contribution in [1.82, 2.24) is 5.16 Å². The van der Waals surface area contributed by atoms with Gasteiger partial charge in [-0.2, -0.15) is 0 Å². The standard InChI is InChI=1S/C16H20N2O2/c1-10(2)11-5-7-12(8-6-11)14-15(18-20-16(14)17)13-4-3-9-19-13/h5-8,10,13H,3-4,9,17H2,1-2H3. The highest BCUT2D eigenvalue weighted by Crippen LogP contribution is 2.38. The predicted molar refractivity (Wildman–Crippen MR) is 78.4 cm³/mol. The number of anilines is 1. The van der Waals surface area contributed by atoms with E-state index in [0.29, 0.717) is 11.8 Å². The van der Waals surface area contributed by atoms with Gasteiger partial charge in [-0.1, -0.05) is 43.3 Å². The lowest BCUT2D eigenvalue weighted by Gasteiger charge is -2.10. The van der Waals surface area contributed by atoms with E-state index in [1.807, 2.05) is 0 Å². The molecule has 2 N–H and O–H groups in total. The fraction of sp³-hybridized carbons (Fsp3) is 0.438. The molecule has 1 atom stereocenters. The lowest BCUT2D eigenvalue weighted by molar-refractivity contribution is 0.106.